The highest BCUT2D eigenvalue weighted by Crippen LogP contribution is 2.39. The van der Waals surface area contributed by atoms with E-state index in [1.807, 2.05) is 0 Å². The lowest BCUT2D eigenvalue weighted by molar-refractivity contribution is -0.388. The van der Waals surface area contributed by atoms with E-state index in [4.69, 9.17) is 9.47 Å². The molecule has 0 saturated carbocycles. The number of rotatable bonds is 4. The number of nitro benzene ring substituents is 1. The zero-order chi connectivity index (χ0) is 16.6. The van der Waals surface area contributed by atoms with Crippen LogP contribution in [0.2, 0.25) is 0 Å². The zero-order valence-electron chi connectivity index (χ0n) is 12.9. The molecule has 0 aromatic heterocycles. The lowest BCUT2D eigenvalue weighted by Crippen LogP contribution is -2.38. The van der Waals surface area contributed by atoms with Crippen LogP contribution in [0.1, 0.15) is 6.42 Å². The first-order valence-corrected chi connectivity index (χ1v) is 8.62. The van der Waals surface area contributed by atoms with Crippen molar-refractivity contribution in [3.8, 4) is 11.5 Å². The van der Waals surface area contributed by atoms with Crippen molar-refractivity contribution in [1.82, 2.24) is 9.62 Å². The second-order valence-corrected chi connectivity index (χ2v) is 7.35. The molecule has 0 bridgehead atoms. The fraction of sp³-hybridized carbons (Fsp3) is 0.538. The number of halogens is 1. The second kappa shape index (κ2) is 7.09. The van der Waals surface area contributed by atoms with Crippen LogP contribution in [0.25, 0.3) is 0 Å². The number of hydrogen-bond donors (Lipinski definition) is 1. The van der Waals surface area contributed by atoms with Crippen molar-refractivity contribution in [3.63, 3.8) is 0 Å². The Morgan fingerprint density at radius 2 is 1.92 bits per heavy atom. The van der Waals surface area contributed by atoms with Gasteiger partial charge in [-0.2, -0.15) is 4.31 Å². The number of nitrogens with one attached hydrogen (secondary N) is 1. The Bertz CT molecular complexity index is 735. The Morgan fingerprint density at radius 3 is 2.46 bits per heavy atom. The van der Waals surface area contributed by atoms with Crippen molar-refractivity contribution in [3.05, 3.63) is 22.2 Å². The summed E-state index contributed by atoms with van der Waals surface area (Å²) in [6.45, 7) is 1.78. The van der Waals surface area contributed by atoms with E-state index in [9.17, 15) is 18.5 Å². The molecule has 134 valence electrons. The van der Waals surface area contributed by atoms with Crippen LogP contribution in [-0.4, -0.2) is 57.0 Å². The summed E-state index contributed by atoms with van der Waals surface area (Å²) in [6, 6.07) is 2.07. The van der Waals surface area contributed by atoms with Crippen molar-refractivity contribution >= 4 is 28.1 Å². The minimum absolute atomic E-state index is 0. The van der Waals surface area contributed by atoms with E-state index in [1.165, 1.54) is 17.4 Å². The molecule has 3 rings (SSSR count). The molecule has 0 radical (unpaired) electrons. The number of nitro groups is 1. The van der Waals surface area contributed by atoms with Crippen LogP contribution in [0.4, 0.5) is 5.69 Å². The van der Waals surface area contributed by atoms with E-state index in [1.54, 1.807) is 0 Å². The fourth-order valence-corrected chi connectivity index (χ4v) is 4.25. The minimum atomic E-state index is -4.02. The van der Waals surface area contributed by atoms with Crippen molar-refractivity contribution in [2.45, 2.75) is 17.4 Å². The van der Waals surface area contributed by atoms with Crippen LogP contribution in [0.3, 0.4) is 0 Å². The largest absolute Gasteiger partial charge is 0.486 e. The van der Waals surface area contributed by atoms with E-state index >= 15 is 0 Å². The van der Waals surface area contributed by atoms with Crippen LogP contribution in [0, 0.1) is 10.1 Å². The molecule has 0 spiro atoms. The van der Waals surface area contributed by atoms with Gasteiger partial charge in [0.25, 0.3) is 5.69 Å². The molecule has 9 nitrogen and oxygen atoms in total. The minimum Gasteiger partial charge on any atom is -0.486 e. The lowest BCUT2D eigenvalue weighted by atomic mass is 10.2. The van der Waals surface area contributed by atoms with Crippen LogP contribution >= 0.6 is 12.4 Å². The molecule has 2 aliphatic heterocycles. The highest BCUT2D eigenvalue weighted by molar-refractivity contribution is 7.89. The summed E-state index contributed by atoms with van der Waals surface area (Å²) < 4.78 is 37.5. The summed E-state index contributed by atoms with van der Waals surface area (Å²) in [5.74, 6) is 0.394. The maximum absolute atomic E-state index is 12.8. The molecule has 1 aromatic rings. The number of sulfonamides is 1. The average molecular weight is 380 g/mol. The summed E-state index contributed by atoms with van der Waals surface area (Å²) in [5, 5.41) is 14.4. The van der Waals surface area contributed by atoms with Crippen LogP contribution in [-0.2, 0) is 10.0 Å². The van der Waals surface area contributed by atoms with Crippen molar-refractivity contribution in [2.75, 3.05) is 33.4 Å². The van der Waals surface area contributed by atoms with Crippen LogP contribution in [0.5, 0.6) is 11.5 Å². The Balaban J connectivity index is 0.00000208. The molecule has 24 heavy (non-hydrogen) atoms. The Morgan fingerprint density at radius 1 is 1.29 bits per heavy atom. The predicted octanol–water partition coefficient (Wildman–Crippen LogP) is 0.770. The van der Waals surface area contributed by atoms with Gasteiger partial charge in [0.05, 0.1) is 11.0 Å². The molecule has 1 fully saturated rings. The summed E-state index contributed by atoms with van der Waals surface area (Å²) in [4.78, 5) is 10.2. The van der Waals surface area contributed by atoms with Gasteiger partial charge in [0, 0.05) is 25.7 Å². The zero-order valence-corrected chi connectivity index (χ0v) is 14.6. The maximum atomic E-state index is 12.8. The third kappa shape index (κ3) is 3.27. The van der Waals surface area contributed by atoms with E-state index in [0.717, 1.165) is 6.07 Å². The number of ether oxygens (including phenoxy) is 2. The standard InChI is InChI=1S/C13H17N3O6S.ClH/c1-15(9-2-3-14-8-9)23(19,20)13-7-12-11(21-4-5-22-12)6-10(13)16(17)18;/h6-7,9,14H,2-5,8H2,1H3;1H. The number of nitrogens with zero attached hydrogens (tertiary/aromatic N) is 2. The second-order valence-electron chi connectivity index (χ2n) is 5.39. The predicted molar refractivity (Wildman–Crippen MR) is 87.6 cm³/mol. The third-order valence-electron chi connectivity index (χ3n) is 4.03. The topological polar surface area (TPSA) is 111 Å². The van der Waals surface area contributed by atoms with E-state index in [-0.39, 0.29) is 48.1 Å². The van der Waals surface area contributed by atoms with Gasteiger partial charge in [0.15, 0.2) is 16.4 Å². The molecule has 0 amide bonds. The average Bonchev–Trinajstić information content (AvgIpc) is 3.07. The quantitative estimate of drug-likeness (QED) is 0.607. The molecular formula is C13H18ClN3O6S. The van der Waals surface area contributed by atoms with E-state index in [0.29, 0.717) is 19.5 Å². The van der Waals surface area contributed by atoms with Gasteiger partial charge in [-0.15, -0.1) is 12.4 Å². The number of fused-ring (bicyclic) bond motifs is 1. The van der Waals surface area contributed by atoms with Gasteiger partial charge in [-0.1, -0.05) is 0 Å². The molecule has 1 saturated heterocycles. The Kier molecular flexibility index (Phi) is 5.53. The Hall–Kier alpha value is -1.62. The molecule has 11 heteroatoms. The fourth-order valence-electron chi connectivity index (χ4n) is 2.71. The first kappa shape index (κ1) is 18.7. The van der Waals surface area contributed by atoms with Crippen molar-refractivity contribution < 1.29 is 22.8 Å². The van der Waals surface area contributed by atoms with Gasteiger partial charge in [0.1, 0.15) is 13.2 Å². The van der Waals surface area contributed by atoms with Gasteiger partial charge in [-0.3, -0.25) is 10.1 Å². The van der Waals surface area contributed by atoms with E-state index < -0.39 is 20.6 Å². The molecule has 1 N–H and O–H groups in total. The first-order chi connectivity index (χ1) is 10.9. The van der Waals surface area contributed by atoms with E-state index in [2.05, 4.69) is 5.32 Å². The SMILES string of the molecule is CN(C1CCNC1)S(=O)(=O)c1cc2c(cc1[N+](=O)[O-])OCCO2.Cl. The van der Waals surface area contributed by atoms with Gasteiger partial charge < -0.3 is 14.8 Å². The number of hydrogen-bond acceptors (Lipinski definition) is 7. The van der Waals surface area contributed by atoms with Crippen molar-refractivity contribution in [2.24, 2.45) is 0 Å². The van der Waals surface area contributed by atoms with Gasteiger partial charge in [-0.05, 0) is 13.0 Å². The highest BCUT2D eigenvalue weighted by Gasteiger charge is 2.36. The summed E-state index contributed by atoms with van der Waals surface area (Å²) in [6.07, 6.45) is 0.661. The Labute approximate surface area is 145 Å². The van der Waals surface area contributed by atoms with Gasteiger partial charge in [-0.25, -0.2) is 8.42 Å². The highest BCUT2D eigenvalue weighted by atomic mass is 35.5. The van der Waals surface area contributed by atoms with Crippen LogP contribution in [0.15, 0.2) is 17.0 Å². The smallest absolute Gasteiger partial charge is 0.293 e. The molecule has 1 atom stereocenters. The summed E-state index contributed by atoms with van der Waals surface area (Å²) in [5.41, 5.74) is -0.507. The number of benzene rings is 1. The first-order valence-electron chi connectivity index (χ1n) is 7.18. The maximum Gasteiger partial charge on any atom is 0.293 e. The summed E-state index contributed by atoms with van der Waals surface area (Å²) >= 11 is 0. The third-order valence-corrected chi connectivity index (χ3v) is 5.97. The van der Waals surface area contributed by atoms with Crippen molar-refractivity contribution in [1.29, 1.82) is 0 Å². The van der Waals surface area contributed by atoms with Crippen LogP contribution < -0.4 is 14.8 Å². The van der Waals surface area contributed by atoms with Gasteiger partial charge in [0.2, 0.25) is 10.0 Å². The van der Waals surface area contributed by atoms with Gasteiger partial charge >= 0.3 is 0 Å². The molecular weight excluding hydrogens is 362 g/mol. The molecule has 0 aliphatic carbocycles. The molecule has 2 aliphatic rings. The summed E-state index contributed by atoms with van der Waals surface area (Å²) in [7, 11) is -2.58. The molecule has 1 unspecified atom stereocenters. The monoisotopic (exact) mass is 379 g/mol. The normalized spacial score (nSPS) is 19.8. The molecule has 2 heterocycles. The number of likely N-dealkylation sites (N-methyl/N-ethyl adjacent to an activating group) is 1. The lowest BCUT2D eigenvalue weighted by Gasteiger charge is -2.24. The molecule has 1 aromatic carbocycles.